The molecule has 1 rings (SSSR count). The molecule has 0 spiro atoms. The van der Waals surface area contributed by atoms with E-state index >= 15 is 0 Å². The minimum atomic E-state index is -0.0955. The van der Waals surface area contributed by atoms with Gasteiger partial charge in [-0.1, -0.05) is 0 Å². The zero-order valence-corrected chi connectivity index (χ0v) is 11.8. The van der Waals surface area contributed by atoms with Crippen LogP contribution in [-0.2, 0) is 0 Å². The van der Waals surface area contributed by atoms with E-state index in [2.05, 4.69) is 38.5 Å². The number of carbonyl (C=O) groups excluding carboxylic acids is 1. The van der Waals surface area contributed by atoms with Gasteiger partial charge in [0, 0.05) is 5.56 Å². The summed E-state index contributed by atoms with van der Waals surface area (Å²) in [6, 6.07) is 3.51. The normalized spacial score (nSPS) is 10.0. The SMILES string of the molecule is COc1c(Br)ccc(C(=O)CCl)c1I. The Labute approximate surface area is 109 Å². The van der Waals surface area contributed by atoms with Gasteiger partial charge in [0.05, 0.1) is 21.0 Å². The highest BCUT2D eigenvalue weighted by Crippen LogP contribution is 2.32. The maximum atomic E-state index is 11.4. The van der Waals surface area contributed by atoms with Crippen LogP contribution in [-0.4, -0.2) is 18.8 Å². The van der Waals surface area contributed by atoms with Crippen molar-refractivity contribution in [2.45, 2.75) is 0 Å². The molecule has 0 aliphatic carbocycles. The fraction of sp³-hybridized carbons (Fsp3) is 0.222. The van der Waals surface area contributed by atoms with Crippen LogP contribution in [0.25, 0.3) is 0 Å². The van der Waals surface area contributed by atoms with Crippen LogP contribution in [0.2, 0.25) is 0 Å². The van der Waals surface area contributed by atoms with Gasteiger partial charge in [0.25, 0.3) is 0 Å². The third kappa shape index (κ3) is 2.41. The lowest BCUT2D eigenvalue weighted by Crippen LogP contribution is -2.04. The number of rotatable bonds is 3. The average Bonchev–Trinajstić information content (AvgIpc) is 2.18. The van der Waals surface area contributed by atoms with Crippen LogP contribution in [0.15, 0.2) is 16.6 Å². The van der Waals surface area contributed by atoms with E-state index in [9.17, 15) is 4.79 Å². The smallest absolute Gasteiger partial charge is 0.178 e. The van der Waals surface area contributed by atoms with Gasteiger partial charge in [0.15, 0.2) is 5.78 Å². The molecule has 2 nitrogen and oxygen atoms in total. The summed E-state index contributed by atoms with van der Waals surface area (Å²) in [7, 11) is 1.57. The van der Waals surface area contributed by atoms with Gasteiger partial charge in [0.2, 0.25) is 0 Å². The Kier molecular flexibility index (Phi) is 4.66. The molecule has 0 amide bonds. The molecule has 14 heavy (non-hydrogen) atoms. The van der Waals surface area contributed by atoms with Gasteiger partial charge in [-0.3, -0.25) is 4.79 Å². The third-order valence-electron chi connectivity index (χ3n) is 1.67. The summed E-state index contributed by atoms with van der Waals surface area (Å²) in [4.78, 5) is 11.4. The molecule has 5 heteroatoms. The van der Waals surface area contributed by atoms with E-state index in [4.69, 9.17) is 16.3 Å². The van der Waals surface area contributed by atoms with Crippen molar-refractivity contribution in [1.29, 1.82) is 0 Å². The molecule has 0 radical (unpaired) electrons. The molecule has 0 fully saturated rings. The number of methoxy groups -OCH3 is 1. The summed E-state index contributed by atoms with van der Waals surface area (Å²) < 4.78 is 6.77. The van der Waals surface area contributed by atoms with Gasteiger partial charge in [-0.05, 0) is 50.7 Å². The Hall–Kier alpha value is 0.190. The second kappa shape index (κ2) is 5.32. The van der Waals surface area contributed by atoms with Crippen molar-refractivity contribution >= 4 is 55.9 Å². The number of ketones is 1. The van der Waals surface area contributed by atoms with E-state index < -0.39 is 0 Å². The molecule has 0 saturated carbocycles. The zero-order valence-electron chi connectivity index (χ0n) is 7.31. The number of hydrogen-bond donors (Lipinski definition) is 0. The van der Waals surface area contributed by atoms with Crippen molar-refractivity contribution in [3.05, 3.63) is 25.7 Å². The van der Waals surface area contributed by atoms with Crippen LogP contribution in [0.5, 0.6) is 5.75 Å². The van der Waals surface area contributed by atoms with Crippen molar-refractivity contribution in [1.82, 2.24) is 0 Å². The van der Waals surface area contributed by atoms with Gasteiger partial charge in [-0.2, -0.15) is 0 Å². The number of hydrogen-bond acceptors (Lipinski definition) is 2. The predicted octanol–water partition coefficient (Wildman–Crippen LogP) is 3.48. The molecular weight excluding hydrogens is 382 g/mol. The number of ether oxygens (including phenoxy) is 1. The second-order valence-corrected chi connectivity index (χ2v) is 4.70. The highest BCUT2D eigenvalue weighted by Gasteiger charge is 2.14. The highest BCUT2D eigenvalue weighted by atomic mass is 127. The molecular formula is C9H7BrClIO2. The number of carbonyl (C=O) groups is 1. The summed E-state index contributed by atoms with van der Waals surface area (Å²) >= 11 is 10.9. The fourth-order valence-corrected chi connectivity index (χ4v) is 3.01. The first-order valence-electron chi connectivity index (χ1n) is 3.73. The van der Waals surface area contributed by atoms with Crippen LogP contribution in [0.4, 0.5) is 0 Å². The maximum Gasteiger partial charge on any atom is 0.178 e. The molecule has 0 unspecified atom stereocenters. The van der Waals surface area contributed by atoms with Crippen molar-refractivity contribution in [3.63, 3.8) is 0 Å². The number of halogens is 3. The summed E-state index contributed by atoms with van der Waals surface area (Å²) in [5, 5.41) is 0. The molecule has 0 heterocycles. The number of Topliss-reactive ketones (excluding diaryl/α,β-unsaturated/α-hetero) is 1. The molecule has 0 N–H and O–H groups in total. The van der Waals surface area contributed by atoms with E-state index in [1.54, 1.807) is 19.2 Å². The Morgan fingerprint density at radius 1 is 1.64 bits per heavy atom. The Bertz CT molecular complexity index is 368. The lowest BCUT2D eigenvalue weighted by atomic mass is 10.1. The Morgan fingerprint density at radius 3 is 2.79 bits per heavy atom. The van der Waals surface area contributed by atoms with Crippen molar-refractivity contribution < 1.29 is 9.53 Å². The molecule has 1 aromatic carbocycles. The van der Waals surface area contributed by atoms with E-state index in [-0.39, 0.29) is 11.7 Å². The van der Waals surface area contributed by atoms with Crippen LogP contribution < -0.4 is 4.74 Å². The third-order valence-corrected chi connectivity index (χ3v) is 3.61. The Morgan fingerprint density at radius 2 is 2.29 bits per heavy atom. The molecule has 1 aromatic rings. The molecule has 0 aliphatic heterocycles. The molecule has 0 saturated heterocycles. The lowest BCUT2D eigenvalue weighted by molar-refractivity contribution is 0.102. The zero-order chi connectivity index (χ0) is 10.7. The molecule has 0 bridgehead atoms. The van der Waals surface area contributed by atoms with Gasteiger partial charge in [-0.15, -0.1) is 11.6 Å². The standard InChI is InChI=1S/C9H7BrClIO2/c1-14-9-6(10)3-2-5(8(9)12)7(13)4-11/h2-3H,4H2,1H3. The minimum absolute atomic E-state index is 0.0131. The highest BCUT2D eigenvalue weighted by molar-refractivity contribution is 14.1. The van der Waals surface area contributed by atoms with Crippen LogP contribution >= 0.6 is 50.1 Å². The molecule has 76 valence electrons. The van der Waals surface area contributed by atoms with Gasteiger partial charge >= 0.3 is 0 Å². The van der Waals surface area contributed by atoms with Crippen molar-refractivity contribution in [2.75, 3.05) is 13.0 Å². The van der Waals surface area contributed by atoms with Gasteiger partial charge in [0.1, 0.15) is 5.75 Å². The summed E-state index contributed by atoms with van der Waals surface area (Å²) in [6.45, 7) is 0. The first-order valence-corrected chi connectivity index (χ1v) is 6.13. The van der Waals surface area contributed by atoms with Gasteiger partial charge in [-0.25, -0.2) is 0 Å². The van der Waals surface area contributed by atoms with Crippen LogP contribution in [0.1, 0.15) is 10.4 Å². The molecule has 0 atom stereocenters. The first-order chi connectivity index (χ1) is 6.61. The van der Waals surface area contributed by atoms with Crippen LogP contribution in [0.3, 0.4) is 0 Å². The minimum Gasteiger partial charge on any atom is -0.494 e. The molecule has 0 aliphatic rings. The number of alkyl halides is 1. The maximum absolute atomic E-state index is 11.4. The topological polar surface area (TPSA) is 26.3 Å². The average molecular weight is 389 g/mol. The second-order valence-electron chi connectivity index (χ2n) is 2.50. The quantitative estimate of drug-likeness (QED) is 0.450. The van der Waals surface area contributed by atoms with E-state index in [0.717, 1.165) is 8.04 Å². The van der Waals surface area contributed by atoms with E-state index in [1.807, 2.05) is 0 Å². The van der Waals surface area contributed by atoms with Crippen molar-refractivity contribution in [3.8, 4) is 5.75 Å². The monoisotopic (exact) mass is 388 g/mol. The van der Waals surface area contributed by atoms with E-state index in [1.165, 1.54) is 0 Å². The lowest BCUT2D eigenvalue weighted by Gasteiger charge is -2.09. The van der Waals surface area contributed by atoms with Crippen molar-refractivity contribution in [2.24, 2.45) is 0 Å². The van der Waals surface area contributed by atoms with Gasteiger partial charge < -0.3 is 4.74 Å². The molecule has 0 aromatic heterocycles. The van der Waals surface area contributed by atoms with Crippen LogP contribution in [0, 0.1) is 3.57 Å². The Balaban J connectivity index is 3.28. The first kappa shape index (κ1) is 12.3. The summed E-state index contributed by atoms with van der Waals surface area (Å²) in [6.07, 6.45) is 0. The summed E-state index contributed by atoms with van der Waals surface area (Å²) in [5.74, 6) is 0.560. The predicted molar refractivity (Wildman–Crippen MR) is 68.5 cm³/mol. The summed E-state index contributed by atoms with van der Waals surface area (Å²) in [5.41, 5.74) is 0.598. The largest absolute Gasteiger partial charge is 0.494 e. The number of benzene rings is 1. The van der Waals surface area contributed by atoms with E-state index in [0.29, 0.717) is 11.3 Å². The fourth-order valence-electron chi connectivity index (χ4n) is 1.01.